The maximum atomic E-state index is 9.37. The fourth-order valence-corrected chi connectivity index (χ4v) is 1.97. The van der Waals surface area contributed by atoms with Crippen molar-refractivity contribution in [2.24, 2.45) is 0 Å². The van der Waals surface area contributed by atoms with Gasteiger partial charge in [0.1, 0.15) is 5.15 Å². The molecule has 82 valence electrons. The van der Waals surface area contributed by atoms with Crippen molar-refractivity contribution < 1.29 is 10.2 Å². The van der Waals surface area contributed by atoms with Crippen LogP contribution in [0.15, 0.2) is 18.3 Å². The van der Waals surface area contributed by atoms with Crippen LogP contribution in [0, 0.1) is 0 Å². The molecule has 0 amide bonds. The standard InChI is InChI=1S/C10H13ClN2O2/c11-10-3-7(1-2-12-10)4-13-5-8(14)9(15)6-13/h1-3,8-9,14-15H,4-6H2/t8-,9-/m0/s1. The van der Waals surface area contributed by atoms with E-state index >= 15 is 0 Å². The van der Waals surface area contributed by atoms with Gasteiger partial charge in [-0.05, 0) is 17.7 Å². The van der Waals surface area contributed by atoms with Crippen molar-refractivity contribution in [3.05, 3.63) is 29.0 Å². The van der Waals surface area contributed by atoms with Crippen molar-refractivity contribution in [3.63, 3.8) is 0 Å². The summed E-state index contributed by atoms with van der Waals surface area (Å²) >= 11 is 5.76. The number of hydrogen-bond acceptors (Lipinski definition) is 4. The fraction of sp³-hybridized carbons (Fsp3) is 0.500. The molecule has 1 aromatic heterocycles. The average molecular weight is 229 g/mol. The van der Waals surface area contributed by atoms with E-state index in [1.807, 2.05) is 11.0 Å². The Morgan fingerprint density at radius 3 is 2.67 bits per heavy atom. The van der Waals surface area contributed by atoms with E-state index in [9.17, 15) is 10.2 Å². The molecule has 0 radical (unpaired) electrons. The molecule has 15 heavy (non-hydrogen) atoms. The summed E-state index contributed by atoms with van der Waals surface area (Å²) in [5.41, 5.74) is 1.04. The number of halogens is 1. The van der Waals surface area contributed by atoms with E-state index < -0.39 is 12.2 Å². The Kier molecular flexibility index (Phi) is 3.21. The molecule has 0 bridgehead atoms. The second kappa shape index (κ2) is 4.45. The van der Waals surface area contributed by atoms with E-state index in [2.05, 4.69) is 4.98 Å². The van der Waals surface area contributed by atoms with Crippen LogP contribution >= 0.6 is 11.6 Å². The van der Waals surface area contributed by atoms with E-state index in [-0.39, 0.29) is 0 Å². The minimum Gasteiger partial charge on any atom is -0.389 e. The summed E-state index contributed by atoms with van der Waals surface area (Å²) in [6, 6.07) is 3.67. The van der Waals surface area contributed by atoms with E-state index in [0.29, 0.717) is 24.8 Å². The van der Waals surface area contributed by atoms with E-state index in [0.717, 1.165) is 5.56 Å². The molecular formula is C10H13ClN2O2. The fourth-order valence-electron chi connectivity index (χ4n) is 1.78. The lowest BCUT2D eigenvalue weighted by molar-refractivity contribution is 0.0572. The van der Waals surface area contributed by atoms with E-state index in [1.165, 1.54) is 0 Å². The number of aliphatic hydroxyl groups is 2. The highest BCUT2D eigenvalue weighted by molar-refractivity contribution is 6.29. The Labute approximate surface area is 93.1 Å². The minimum absolute atomic E-state index is 0.466. The van der Waals surface area contributed by atoms with Crippen molar-refractivity contribution in [1.82, 2.24) is 9.88 Å². The zero-order chi connectivity index (χ0) is 10.8. The van der Waals surface area contributed by atoms with Crippen LogP contribution in [0.1, 0.15) is 5.56 Å². The molecule has 2 heterocycles. The summed E-state index contributed by atoms with van der Waals surface area (Å²) in [6.07, 6.45) is 0.380. The Hall–Kier alpha value is -0.680. The zero-order valence-electron chi connectivity index (χ0n) is 8.17. The SMILES string of the molecule is O[C@H]1CN(Cc2ccnc(Cl)c2)C[C@@H]1O. The molecule has 0 saturated carbocycles. The number of likely N-dealkylation sites (tertiary alicyclic amines) is 1. The summed E-state index contributed by atoms with van der Waals surface area (Å²) in [5.74, 6) is 0. The van der Waals surface area contributed by atoms with E-state index in [1.54, 1.807) is 12.3 Å². The van der Waals surface area contributed by atoms with Crippen molar-refractivity contribution in [1.29, 1.82) is 0 Å². The van der Waals surface area contributed by atoms with Crippen LogP contribution in [0.5, 0.6) is 0 Å². The van der Waals surface area contributed by atoms with Gasteiger partial charge < -0.3 is 10.2 Å². The smallest absolute Gasteiger partial charge is 0.129 e. The third kappa shape index (κ3) is 2.66. The lowest BCUT2D eigenvalue weighted by Gasteiger charge is -2.14. The molecule has 1 aromatic rings. The number of β-amino-alcohol motifs (C(OH)–C–C–N with tert-alkyl or cyclic N) is 2. The highest BCUT2D eigenvalue weighted by atomic mass is 35.5. The number of hydrogen-bond donors (Lipinski definition) is 2. The van der Waals surface area contributed by atoms with Crippen LogP contribution in [0.25, 0.3) is 0 Å². The molecule has 2 N–H and O–H groups in total. The first kappa shape index (κ1) is 10.8. The molecule has 0 spiro atoms. The number of nitrogens with zero attached hydrogens (tertiary/aromatic N) is 2. The summed E-state index contributed by atoms with van der Waals surface area (Å²) < 4.78 is 0. The summed E-state index contributed by atoms with van der Waals surface area (Å²) in [7, 11) is 0. The molecule has 0 unspecified atom stereocenters. The predicted molar refractivity (Wildman–Crippen MR) is 56.5 cm³/mol. The lowest BCUT2D eigenvalue weighted by Crippen LogP contribution is -2.22. The highest BCUT2D eigenvalue weighted by Gasteiger charge is 2.29. The quantitative estimate of drug-likeness (QED) is 0.714. The summed E-state index contributed by atoms with van der Waals surface area (Å²) in [6.45, 7) is 1.68. The maximum Gasteiger partial charge on any atom is 0.129 e. The van der Waals surface area contributed by atoms with Gasteiger partial charge in [0, 0.05) is 25.8 Å². The molecule has 0 aromatic carbocycles. The second-order valence-corrected chi connectivity index (χ2v) is 4.20. The first-order chi connectivity index (χ1) is 7.15. The molecule has 1 aliphatic rings. The van der Waals surface area contributed by atoms with Crippen molar-refractivity contribution in [2.75, 3.05) is 13.1 Å². The van der Waals surface area contributed by atoms with Crippen LogP contribution < -0.4 is 0 Å². The minimum atomic E-state index is -0.637. The molecule has 0 aliphatic carbocycles. The first-order valence-corrected chi connectivity index (χ1v) is 5.22. The number of pyridine rings is 1. The van der Waals surface area contributed by atoms with Crippen LogP contribution in [0.2, 0.25) is 5.15 Å². The van der Waals surface area contributed by atoms with Crippen molar-refractivity contribution >= 4 is 11.6 Å². The van der Waals surface area contributed by atoms with Crippen molar-refractivity contribution in [2.45, 2.75) is 18.8 Å². The molecular weight excluding hydrogens is 216 g/mol. The first-order valence-electron chi connectivity index (χ1n) is 4.84. The monoisotopic (exact) mass is 228 g/mol. The Morgan fingerprint density at radius 1 is 1.40 bits per heavy atom. The number of rotatable bonds is 2. The predicted octanol–water partition coefficient (Wildman–Crippen LogP) is 0.272. The van der Waals surface area contributed by atoms with Crippen LogP contribution in [-0.4, -0.2) is 45.4 Å². The van der Waals surface area contributed by atoms with Gasteiger partial charge in [0.05, 0.1) is 12.2 Å². The van der Waals surface area contributed by atoms with Crippen LogP contribution in [-0.2, 0) is 6.54 Å². The Morgan fingerprint density at radius 2 is 2.07 bits per heavy atom. The molecule has 4 nitrogen and oxygen atoms in total. The summed E-state index contributed by atoms with van der Waals surface area (Å²) in [4.78, 5) is 5.88. The van der Waals surface area contributed by atoms with E-state index in [4.69, 9.17) is 11.6 Å². The molecule has 5 heteroatoms. The molecule has 2 rings (SSSR count). The van der Waals surface area contributed by atoms with Gasteiger partial charge in [-0.3, -0.25) is 4.90 Å². The van der Waals surface area contributed by atoms with Crippen molar-refractivity contribution in [3.8, 4) is 0 Å². The number of aliphatic hydroxyl groups excluding tert-OH is 2. The van der Waals surface area contributed by atoms with Gasteiger partial charge in [0.25, 0.3) is 0 Å². The molecule has 1 aliphatic heterocycles. The largest absolute Gasteiger partial charge is 0.389 e. The van der Waals surface area contributed by atoms with Gasteiger partial charge in [0.15, 0.2) is 0 Å². The third-order valence-electron chi connectivity index (χ3n) is 2.53. The van der Waals surface area contributed by atoms with Gasteiger partial charge in [0.2, 0.25) is 0 Å². The van der Waals surface area contributed by atoms with Gasteiger partial charge in [-0.25, -0.2) is 4.98 Å². The lowest BCUT2D eigenvalue weighted by atomic mass is 10.2. The van der Waals surface area contributed by atoms with Gasteiger partial charge in [-0.15, -0.1) is 0 Å². The van der Waals surface area contributed by atoms with Gasteiger partial charge in [-0.1, -0.05) is 11.6 Å². The Balaban J connectivity index is 1.98. The van der Waals surface area contributed by atoms with Gasteiger partial charge >= 0.3 is 0 Å². The summed E-state index contributed by atoms with van der Waals surface area (Å²) in [5, 5.41) is 19.2. The molecule has 1 fully saturated rings. The topological polar surface area (TPSA) is 56.6 Å². The second-order valence-electron chi connectivity index (χ2n) is 3.82. The van der Waals surface area contributed by atoms with Crippen LogP contribution in [0.4, 0.5) is 0 Å². The normalized spacial score (nSPS) is 27.1. The Bertz CT molecular complexity index is 338. The average Bonchev–Trinajstić information content (AvgIpc) is 2.45. The maximum absolute atomic E-state index is 9.37. The molecule has 2 atom stereocenters. The van der Waals surface area contributed by atoms with Crippen LogP contribution in [0.3, 0.4) is 0 Å². The number of aromatic nitrogens is 1. The zero-order valence-corrected chi connectivity index (χ0v) is 8.93. The third-order valence-corrected chi connectivity index (χ3v) is 2.74. The molecule has 1 saturated heterocycles. The van der Waals surface area contributed by atoms with Gasteiger partial charge in [-0.2, -0.15) is 0 Å². The highest BCUT2D eigenvalue weighted by Crippen LogP contribution is 2.15.